The van der Waals surface area contributed by atoms with Crippen LogP contribution in [0.5, 0.6) is 0 Å². The van der Waals surface area contributed by atoms with Crippen LogP contribution in [-0.4, -0.2) is 123 Å². The van der Waals surface area contributed by atoms with E-state index in [0.29, 0.717) is 30.4 Å². The molecule has 4 aliphatic rings. The maximum absolute atomic E-state index is 12.3. The van der Waals surface area contributed by atoms with Crippen LogP contribution in [0.1, 0.15) is 55.6 Å². The molecule has 57 heavy (non-hydrogen) atoms. The van der Waals surface area contributed by atoms with Gasteiger partial charge in [-0.1, -0.05) is 17.4 Å². The maximum Gasteiger partial charge on any atom is 0.234 e. The van der Waals surface area contributed by atoms with Gasteiger partial charge in [-0.3, -0.25) is 24.8 Å². The minimum absolute atomic E-state index is 0.189. The Morgan fingerprint density at radius 2 is 1.70 bits per heavy atom. The monoisotopic (exact) mass is 785 g/mol. The average Bonchev–Trinajstić information content (AvgIpc) is 3.92. The summed E-state index contributed by atoms with van der Waals surface area (Å²) in [6, 6.07) is 14.6. The van der Waals surface area contributed by atoms with Gasteiger partial charge in [-0.05, 0) is 87.0 Å². The average molecular weight is 786 g/mol. The van der Waals surface area contributed by atoms with Crippen molar-refractivity contribution >= 4 is 45.3 Å². The van der Waals surface area contributed by atoms with Crippen molar-refractivity contribution in [1.29, 1.82) is 5.26 Å². The fourth-order valence-corrected chi connectivity index (χ4v) is 9.86. The van der Waals surface area contributed by atoms with Gasteiger partial charge >= 0.3 is 0 Å². The van der Waals surface area contributed by atoms with Gasteiger partial charge in [0.1, 0.15) is 11.9 Å². The molecule has 0 aliphatic carbocycles. The Labute approximate surface area is 335 Å². The normalized spacial score (nSPS) is 20.5. The van der Waals surface area contributed by atoms with Crippen molar-refractivity contribution in [3.05, 3.63) is 66.1 Å². The zero-order chi connectivity index (χ0) is 38.9. The number of nitrogens with zero attached hydrogens (tertiary/aromatic N) is 11. The summed E-state index contributed by atoms with van der Waals surface area (Å²) in [6.45, 7) is 9.46. The van der Waals surface area contributed by atoms with Gasteiger partial charge in [0.15, 0.2) is 5.01 Å². The second-order valence-electron chi connectivity index (χ2n) is 15.6. The van der Waals surface area contributed by atoms with E-state index >= 15 is 0 Å². The minimum atomic E-state index is -0.292. The number of carbonyl (C=O) groups is 2. The van der Waals surface area contributed by atoms with Gasteiger partial charge in [0, 0.05) is 83.4 Å². The molecule has 9 heterocycles. The Balaban J connectivity index is 0.725. The first-order chi connectivity index (χ1) is 27.9. The molecular formula is C41H47N13O2S. The minimum Gasteiger partial charge on any atom is -0.387 e. The molecule has 0 aromatic carbocycles. The first-order valence-electron chi connectivity index (χ1n) is 20.1. The van der Waals surface area contributed by atoms with Crippen molar-refractivity contribution in [2.24, 2.45) is 5.92 Å². The highest BCUT2D eigenvalue weighted by molar-refractivity contribution is 7.18. The molecule has 15 nitrogen and oxygen atoms in total. The lowest BCUT2D eigenvalue weighted by molar-refractivity contribution is -0.134. The first-order valence-corrected chi connectivity index (χ1v) is 20.9. The van der Waals surface area contributed by atoms with Gasteiger partial charge in [0.2, 0.25) is 16.9 Å². The number of amides is 2. The third-order valence-corrected chi connectivity index (χ3v) is 13.3. The maximum atomic E-state index is 12.3. The second-order valence-corrected chi connectivity index (χ2v) is 16.6. The van der Waals surface area contributed by atoms with E-state index in [1.807, 2.05) is 55.8 Å². The van der Waals surface area contributed by atoms with Crippen molar-refractivity contribution in [3.8, 4) is 28.0 Å². The molecule has 5 aromatic rings. The number of piperidine rings is 3. The number of nitrogens with one attached hydrogen (secondary N) is 2. The van der Waals surface area contributed by atoms with Crippen LogP contribution in [0.15, 0.2) is 55.0 Å². The lowest BCUT2D eigenvalue weighted by Gasteiger charge is -2.43. The van der Waals surface area contributed by atoms with Crippen LogP contribution in [0.3, 0.4) is 0 Å². The van der Waals surface area contributed by atoms with E-state index < -0.39 is 0 Å². The number of pyridine rings is 2. The van der Waals surface area contributed by atoms with E-state index in [-0.39, 0.29) is 17.7 Å². The number of anilines is 3. The summed E-state index contributed by atoms with van der Waals surface area (Å²) in [5, 5.41) is 30.5. The quantitative estimate of drug-likeness (QED) is 0.204. The van der Waals surface area contributed by atoms with Crippen molar-refractivity contribution in [3.63, 3.8) is 0 Å². The number of imide groups is 1. The predicted octanol–water partition coefficient (Wildman–Crippen LogP) is 4.25. The number of fused-ring (bicyclic) bond motifs is 1. The highest BCUT2D eigenvalue weighted by atomic mass is 32.1. The van der Waals surface area contributed by atoms with Gasteiger partial charge < -0.3 is 20.0 Å². The molecule has 1 atom stereocenters. The third-order valence-electron chi connectivity index (χ3n) is 12.2. The van der Waals surface area contributed by atoms with Gasteiger partial charge in [0.05, 0.1) is 40.1 Å². The van der Waals surface area contributed by atoms with Crippen LogP contribution < -0.4 is 20.4 Å². The number of likely N-dealkylation sites (tertiary alicyclic amines) is 1. The van der Waals surface area contributed by atoms with Crippen LogP contribution >= 0.6 is 11.3 Å². The number of piperazine rings is 1. The van der Waals surface area contributed by atoms with E-state index in [4.69, 9.17) is 9.97 Å². The molecule has 0 saturated carbocycles. The fraction of sp³-hybridized carbons (Fsp3) is 0.463. The number of carbonyl (C=O) groups excluding carboxylic acids is 2. The molecule has 0 unspecified atom stereocenters. The Morgan fingerprint density at radius 3 is 2.44 bits per heavy atom. The van der Waals surface area contributed by atoms with Crippen molar-refractivity contribution in [2.75, 3.05) is 81.1 Å². The molecule has 4 aliphatic heterocycles. The van der Waals surface area contributed by atoms with Crippen LogP contribution in [-0.2, 0) is 9.59 Å². The Morgan fingerprint density at radius 1 is 0.877 bits per heavy atom. The second kappa shape index (κ2) is 16.2. The van der Waals surface area contributed by atoms with Crippen molar-refractivity contribution in [2.45, 2.75) is 50.5 Å². The number of rotatable bonds is 9. The van der Waals surface area contributed by atoms with Gasteiger partial charge in [-0.25, -0.2) is 9.50 Å². The topological polar surface area (TPSA) is 164 Å². The van der Waals surface area contributed by atoms with Crippen LogP contribution in [0.2, 0.25) is 0 Å². The molecule has 0 bridgehead atoms. The van der Waals surface area contributed by atoms with Gasteiger partial charge in [-0.15, -0.1) is 10.2 Å². The van der Waals surface area contributed by atoms with E-state index in [1.165, 1.54) is 32.2 Å². The van der Waals surface area contributed by atoms with E-state index in [1.54, 1.807) is 22.0 Å². The zero-order valence-electron chi connectivity index (χ0n) is 32.2. The Bertz CT molecular complexity index is 2280. The van der Waals surface area contributed by atoms with Crippen molar-refractivity contribution in [1.82, 2.24) is 44.9 Å². The van der Waals surface area contributed by atoms with E-state index in [0.717, 1.165) is 102 Å². The third kappa shape index (κ3) is 7.79. The summed E-state index contributed by atoms with van der Waals surface area (Å²) in [5.41, 5.74) is 5.71. The summed E-state index contributed by atoms with van der Waals surface area (Å²) >= 11 is 1.61. The summed E-state index contributed by atoms with van der Waals surface area (Å²) in [4.78, 5) is 43.4. The Kier molecular flexibility index (Phi) is 10.5. The lowest BCUT2D eigenvalue weighted by Crippen LogP contribution is -2.53. The first kappa shape index (κ1) is 37.1. The summed E-state index contributed by atoms with van der Waals surface area (Å²) in [6.07, 6.45) is 10.9. The number of aromatic nitrogens is 6. The lowest BCUT2D eigenvalue weighted by atomic mass is 9.91. The molecule has 5 aromatic heterocycles. The zero-order valence-corrected chi connectivity index (χ0v) is 33.0. The molecule has 0 radical (unpaired) electrons. The number of nitriles is 1. The fourth-order valence-electron chi connectivity index (χ4n) is 8.94. The molecule has 2 amide bonds. The molecule has 294 valence electrons. The van der Waals surface area contributed by atoms with E-state index in [2.05, 4.69) is 51.6 Å². The Hall–Kier alpha value is -5.50. The molecule has 4 fully saturated rings. The van der Waals surface area contributed by atoms with Crippen LogP contribution in [0, 0.1) is 17.2 Å². The van der Waals surface area contributed by atoms with E-state index in [9.17, 15) is 14.9 Å². The smallest absolute Gasteiger partial charge is 0.234 e. The number of hydrogen-bond acceptors (Lipinski definition) is 14. The molecule has 9 rings (SSSR count). The summed E-state index contributed by atoms with van der Waals surface area (Å²) < 4.78 is 1.80. The highest BCUT2D eigenvalue weighted by Gasteiger charge is 2.31. The highest BCUT2D eigenvalue weighted by Crippen LogP contribution is 2.36. The predicted molar refractivity (Wildman–Crippen MR) is 219 cm³/mol. The van der Waals surface area contributed by atoms with Gasteiger partial charge in [-0.2, -0.15) is 10.4 Å². The summed E-state index contributed by atoms with van der Waals surface area (Å²) in [5.74, 6) is 0.983. The standard InChI is InChI=1S/C41H47N13O2S/c1-43-34-21-35(36-5-3-31-20-28(22-42)23-46-54(31)36)44-25-33(34)40-48-49-41(57-40)53-18-16-51(17-19-53)30-10-12-50(13-11-30)26-27-8-14-52(15-9-27)37-6-2-29(24-45-37)32-4-7-38(55)47-39(32)56/h2-3,5-6,20-21,23-25,27,30,32H,4,7-19,26H2,1H3,(H,43,44)(H,47,55,56)/t32-/m0/s1. The molecular weight excluding hydrogens is 739 g/mol. The largest absolute Gasteiger partial charge is 0.387 e. The van der Waals surface area contributed by atoms with Crippen molar-refractivity contribution < 1.29 is 9.59 Å². The molecule has 16 heteroatoms. The van der Waals surface area contributed by atoms with Crippen LogP contribution in [0.4, 0.5) is 16.6 Å². The van der Waals surface area contributed by atoms with Crippen LogP contribution in [0.25, 0.3) is 27.5 Å². The van der Waals surface area contributed by atoms with Gasteiger partial charge in [0.25, 0.3) is 0 Å². The SMILES string of the molecule is CNc1cc(-c2ccc3cc(C#N)cnn23)ncc1-c1nnc(N2CCN(C3CCN(CC4CCN(c5ccc([C@@H]6CCC(=O)NC6=O)cn5)CC4)CC3)CC2)s1. The molecule has 2 N–H and O–H groups in total. The molecule has 4 saturated heterocycles. The molecule has 0 spiro atoms. The number of hydrogen-bond donors (Lipinski definition) is 2. The summed E-state index contributed by atoms with van der Waals surface area (Å²) in [7, 11) is 1.90.